The normalized spacial score (nSPS) is 11.0. The predicted octanol–water partition coefficient (Wildman–Crippen LogP) is 14.6. The summed E-state index contributed by atoms with van der Waals surface area (Å²) in [5.41, 5.74) is 16.9. The van der Waals surface area contributed by atoms with E-state index in [2.05, 4.69) is 169 Å². The maximum absolute atomic E-state index is 5.76. The van der Waals surface area contributed by atoms with E-state index in [1.165, 1.54) is 0 Å². The molecular formula is C73H44. The quantitative estimate of drug-likeness (QED) is 0.0651. The second-order valence-electron chi connectivity index (χ2n) is 17.1. The van der Waals surface area contributed by atoms with Gasteiger partial charge < -0.3 is 0 Å². The molecule has 0 N–H and O–H groups in total. The summed E-state index contributed by atoms with van der Waals surface area (Å²) in [4.78, 5) is 0. The van der Waals surface area contributed by atoms with Crippen molar-refractivity contribution in [1.29, 1.82) is 0 Å². The molecule has 0 amide bonds. The summed E-state index contributed by atoms with van der Waals surface area (Å²) < 4.78 is 0. The van der Waals surface area contributed by atoms with Crippen LogP contribution in [0.2, 0.25) is 0 Å². The van der Waals surface area contributed by atoms with E-state index in [0.717, 1.165) is 111 Å². The van der Waals surface area contributed by atoms with Crippen molar-refractivity contribution in [1.82, 2.24) is 0 Å². The van der Waals surface area contributed by atoms with Gasteiger partial charge in [0.05, 0.1) is 5.41 Å². The molecule has 0 aromatic heterocycles. The van der Waals surface area contributed by atoms with Crippen molar-refractivity contribution in [3.63, 3.8) is 0 Å². The first-order valence-corrected chi connectivity index (χ1v) is 23.2. The molecule has 0 atom stereocenters. The van der Waals surface area contributed by atoms with Crippen LogP contribution in [0.15, 0.2) is 170 Å². The highest BCUT2D eigenvalue weighted by molar-refractivity contribution is 5.76. The topological polar surface area (TPSA) is 0 Å². The van der Waals surface area contributed by atoms with E-state index in [1.54, 1.807) is 0 Å². The Morgan fingerprint density at radius 2 is 0.356 bits per heavy atom. The monoisotopic (exact) mass is 920 g/mol. The molecule has 8 rings (SSSR count). The molecule has 0 radical (unpaired) electrons. The van der Waals surface area contributed by atoms with Crippen LogP contribution in [-0.2, 0) is 5.41 Å². The molecule has 73 heavy (non-hydrogen) atoms. The second-order valence-corrected chi connectivity index (χ2v) is 17.1. The minimum absolute atomic E-state index is 0.725. The Kier molecular flexibility index (Phi) is 15.0. The number of terminal acetylenes is 8. The standard InChI is InChI=1S/C73H44/c1-9-53-41-54(10-2)46-65(45-53)21-17-61-25-33-69(34-26-61)73(70-35-27-62(28-36-70)18-22-66-47-55(11-3)42-56(12-4)48-66,71-37-29-63(30-38-71)19-23-67-49-57(13-5)43-58(14-6)50-67)72-39-31-64(32-40-72)20-24-68-51-59(15-7)44-60(16-8)52-68/h1-8,17-52H/b21-17+,22-18+,23-19+,24-20+. The fourth-order valence-corrected chi connectivity index (χ4v) is 8.80. The summed E-state index contributed by atoms with van der Waals surface area (Å²) in [7, 11) is 0. The van der Waals surface area contributed by atoms with Gasteiger partial charge in [-0.3, -0.25) is 0 Å². The SMILES string of the molecule is C#Cc1cc(C#C)cc(/C=C/c2ccc(C(c3ccc(/C=C/c4cc(C#C)cc(C#C)c4)cc3)(c3ccc(/C=C/c4cc(C#C)cc(C#C)c4)cc3)c3ccc(/C=C/c4cc(C#C)cc(C#C)c4)cc3)cc2)c1. The van der Waals surface area contributed by atoms with Gasteiger partial charge in [-0.2, -0.15) is 0 Å². The van der Waals surface area contributed by atoms with E-state index in [4.69, 9.17) is 51.4 Å². The zero-order chi connectivity index (χ0) is 51.2. The fraction of sp³-hybridized carbons (Fsp3) is 0.0137. The Balaban J connectivity index is 1.27. The first-order valence-electron chi connectivity index (χ1n) is 23.2. The number of benzene rings is 8. The summed E-state index contributed by atoms with van der Waals surface area (Å²) >= 11 is 0. The molecule has 0 fully saturated rings. The van der Waals surface area contributed by atoms with Gasteiger partial charge in [-0.25, -0.2) is 0 Å². The van der Waals surface area contributed by atoms with Gasteiger partial charge in [-0.05, 0) is 140 Å². The van der Waals surface area contributed by atoms with Crippen LogP contribution in [-0.4, -0.2) is 0 Å². The zero-order valence-electron chi connectivity index (χ0n) is 39.9. The first kappa shape index (κ1) is 48.6. The van der Waals surface area contributed by atoms with Crippen molar-refractivity contribution in [2.45, 2.75) is 5.41 Å². The molecule has 0 spiro atoms. The van der Waals surface area contributed by atoms with Crippen LogP contribution in [0.4, 0.5) is 0 Å². The third-order valence-electron chi connectivity index (χ3n) is 12.4. The highest BCUT2D eigenvalue weighted by Crippen LogP contribution is 2.46. The van der Waals surface area contributed by atoms with Crippen LogP contribution in [0.25, 0.3) is 48.6 Å². The molecule has 8 aromatic rings. The molecule has 0 saturated heterocycles. The third-order valence-corrected chi connectivity index (χ3v) is 12.4. The van der Waals surface area contributed by atoms with Gasteiger partial charge >= 0.3 is 0 Å². The molecule has 0 aliphatic carbocycles. The third kappa shape index (κ3) is 11.4. The van der Waals surface area contributed by atoms with Gasteiger partial charge in [0, 0.05) is 44.5 Å². The lowest BCUT2D eigenvalue weighted by molar-refractivity contribution is 0.744. The van der Waals surface area contributed by atoms with Crippen LogP contribution in [0, 0.1) is 98.8 Å². The van der Waals surface area contributed by atoms with Gasteiger partial charge in [-0.1, -0.05) is 193 Å². The highest BCUT2D eigenvalue weighted by Gasteiger charge is 2.38. The Hall–Kier alpha value is -10.8. The molecule has 0 aliphatic rings. The van der Waals surface area contributed by atoms with Crippen molar-refractivity contribution in [3.05, 3.63) is 281 Å². The lowest BCUT2D eigenvalue weighted by atomic mass is 9.64. The van der Waals surface area contributed by atoms with Gasteiger partial charge in [-0.15, -0.1) is 51.4 Å². The molecule has 0 heterocycles. The average Bonchev–Trinajstić information content (AvgIpc) is 3.45. The van der Waals surface area contributed by atoms with Crippen LogP contribution < -0.4 is 0 Å². The van der Waals surface area contributed by atoms with E-state index < -0.39 is 5.41 Å². The van der Waals surface area contributed by atoms with Gasteiger partial charge in [0.2, 0.25) is 0 Å². The van der Waals surface area contributed by atoms with Crippen molar-refractivity contribution in [3.8, 4) is 98.8 Å². The minimum Gasteiger partial charge on any atom is -0.115 e. The van der Waals surface area contributed by atoms with E-state index in [1.807, 2.05) is 97.1 Å². The largest absolute Gasteiger partial charge is 0.115 e. The summed E-state index contributed by atoms with van der Waals surface area (Å²) in [6, 6.07) is 57.6. The molecule has 336 valence electrons. The molecule has 0 heteroatoms. The maximum atomic E-state index is 5.76. The summed E-state index contributed by atoms with van der Waals surface area (Å²) in [6.45, 7) is 0. The molecule has 0 bridgehead atoms. The van der Waals surface area contributed by atoms with E-state index in [9.17, 15) is 0 Å². The molecular weight excluding hydrogens is 877 g/mol. The fourth-order valence-electron chi connectivity index (χ4n) is 8.80. The molecule has 0 nitrogen and oxygen atoms in total. The number of hydrogen-bond acceptors (Lipinski definition) is 0. The Morgan fingerprint density at radius 3 is 0.507 bits per heavy atom. The zero-order valence-corrected chi connectivity index (χ0v) is 39.9. The van der Waals surface area contributed by atoms with Gasteiger partial charge in [0.25, 0.3) is 0 Å². The Morgan fingerprint density at radius 1 is 0.205 bits per heavy atom. The molecule has 0 aliphatic heterocycles. The van der Waals surface area contributed by atoms with Crippen molar-refractivity contribution in [2.75, 3.05) is 0 Å². The van der Waals surface area contributed by atoms with E-state index in [0.29, 0.717) is 0 Å². The van der Waals surface area contributed by atoms with Crippen LogP contribution in [0.1, 0.15) is 111 Å². The van der Waals surface area contributed by atoms with Gasteiger partial charge in [0.15, 0.2) is 0 Å². The van der Waals surface area contributed by atoms with Crippen LogP contribution in [0.5, 0.6) is 0 Å². The van der Waals surface area contributed by atoms with Crippen molar-refractivity contribution >= 4 is 48.6 Å². The number of hydrogen-bond donors (Lipinski definition) is 0. The minimum atomic E-state index is -0.813. The van der Waals surface area contributed by atoms with Crippen LogP contribution >= 0.6 is 0 Å². The summed E-state index contributed by atoms with van der Waals surface area (Å²) in [6.07, 6.45) is 62.5. The second kappa shape index (κ2) is 22.5. The summed E-state index contributed by atoms with van der Waals surface area (Å²) in [5, 5.41) is 0. The molecule has 0 saturated carbocycles. The highest BCUT2D eigenvalue weighted by atomic mass is 14.4. The van der Waals surface area contributed by atoms with Crippen LogP contribution in [0.3, 0.4) is 0 Å². The summed E-state index contributed by atoms with van der Waals surface area (Å²) in [5.74, 6) is 21.7. The number of rotatable bonds is 12. The predicted molar refractivity (Wildman–Crippen MR) is 310 cm³/mol. The van der Waals surface area contributed by atoms with E-state index in [-0.39, 0.29) is 0 Å². The lowest BCUT2D eigenvalue weighted by Crippen LogP contribution is -2.31. The van der Waals surface area contributed by atoms with Gasteiger partial charge in [0.1, 0.15) is 0 Å². The Bertz CT molecular complexity index is 3220. The smallest absolute Gasteiger partial charge is 0.0701 e. The first-order chi connectivity index (χ1) is 35.7. The average molecular weight is 921 g/mol. The van der Waals surface area contributed by atoms with Crippen molar-refractivity contribution < 1.29 is 0 Å². The maximum Gasteiger partial charge on any atom is 0.0701 e. The molecule has 8 aromatic carbocycles. The lowest BCUT2D eigenvalue weighted by Gasteiger charge is -2.37. The van der Waals surface area contributed by atoms with Crippen molar-refractivity contribution in [2.24, 2.45) is 0 Å². The Labute approximate surface area is 431 Å². The molecule has 0 unspecified atom stereocenters. The van der Waals surface area contributed by atoms with E-state index >= 15 is 0 Å².